The van der Waals surface area contributed by atoms with Crippen molar-refractivity contribution in [2.24, 2.45) is 5.92 Å². The van der Waals surface area contributed by atoms with Gasteiger partial charge >= 0.3 is 5.97 Å². The average Bonchev–Trinajstić information content (AvgIpc) is 2.65. The van der Waals surface area contributed by atoms with E-state index in [4.69, 9.17) is 0 Å². The van der Waals surface area contributed by atoms with Crippen molar-refractivity contribution in [1.82, 2.24) is 24.9 Å². The molecule has 10 heteroatoms. The monoisotopic (exact) mass is 411 g/mol. The van der Waals surface area contributed by atoms with Gasteiger partial charge in [0.2, 0.25) is 5.91 Å². The quantitative estimate of drug-likeness (QED) is 0.447. The first-order chi connectivity index (χ1) is 14.0. The fourth-order valence-corrected chi connectivity index (χ4v) is 4.05. The number of aldehydes is 2. The molecule has 0 atom stereocenters. The number of nitrogens with one attached hydrogen (secondary N) is 1. The highest BCUT2D eigenvalue weighted by molar-refractivity contribution is 5.78. The summed E-state index contributed by atoms with van der Waals surface area (Å²) in [6, 6.07) is 0. The number of hydrogen-bond donors (Lipinski definition) is 2. The van der Waals surface area contributed by atoms with Crippen LogP contribution in [0.3, 0.4) is 0 Å². The van der Waals surface area contributed by atoms with Crippen molar-refractivity contribution in [3.63, 3.8) is 0 Å². The van der Waals surface area contributed by atoms with E-state index in [0.29, 0.717) is 25.8 Å². The number of carbonyl (C=O) groups excluding carboxylic acids is 3. The van der Waals surface area contributed by atoms with Crippen molar-refractivity contribution < 1.29 is 24.3 Å². The zero-order valence-electron chi connectivity index (χ0n) is 17.0. The van der Waals surface area contributed by atoms with E-state index in [1.807, 2.05) is 9.80 Å². The second kappa shape index (κ2) is 12.6. The maximum atomic E-state index is 12.5. The minimum absolute atomic E-state index is 0.0952. The minimum atomic E-state index is -0.969. The highest BCUT2D eigenvalue weighted by Gasteiger charge is 2.25. The van der Waals surface area contributed by atoms with Gasteiger partial charge in [0.25, 0.3) is 0 Å². The Morgan fingerprint density at radius 1 is 0.828 bits per heavy atom. The van der Waals surface area contributed by atoms with Crippen molar-refractivity contribution in [2.75, 3.05) is 59.4 Å². The number of hydrogen-bond acceptors (Lipinski definition) is 8. The van der Waals surface area contributed by atoms with Crippen LogP contribution in [0.5, 0.6) is 0 Å². The zero-order chi connectivity index (χ0) is 21.1. The zero-order valence-corrected chi connectivity index (χ0v) is 17.0. The van der Waals surface area contributed by atoms with Gasteiger partial charge in [-0.05, 0) is 18.8 Å². The minimum Gasteiger partial charge on any atom is -0.480 e. The van der Waals surface area contributed by atoms with E-state index in [1.165, 1.54) is 19.3 Å². The highest BCUT2D eigenvalue weighted by atomic mass is 16.4. The molecule has 0 bridgehead atoms. The third-order valence-corrected chi connectivity index (χ3v) is 5.30. The lowest BCUT2D eigenvalue weighted by atomic mass is 9.89. The van der Waals surface area contributed by atoms with E-state index in [9.17, 15) is 24.3 Å². The van der Waals surface area contributed by atoms with Gasteiger partial charge in [-0.15, -0.1) is 0 Å². The molecule has 1 aliphatic heterocycles. The summed E-state index contributed by atoms with van der Waals surface area (Å²) in [6.07, 6.45) is 7.55. The molecule has 0 aromatic carbocycles. The van der Waals surface area contributed by atoms with E-state index < -0.39 is 5.97 Å². The first-order valence-electron chi connectivity index (χ1n) is 10.2. The van der Waals surface area contributed by atoms with Crippen LogP contribution in [0.15, 0.2) is 0 Å². The molecule has 1 aliphatic carbocycles. The third-order valence-electron chi connectivity index (χ3n) is 5.30. The molecule has 2 N–H and O–H groups in total. The molecule has 0 spiro atoms. The molecule has 29 heavy (non-hydrogen) atoms. The number of nitrogens with zero attached hydrogens (tertiary/aromatic N) is 4. The molecule has 0 aromatic rings. The van der Waals surface area contributed by atoms with Gasteiger partial charge in [-0.3, -0.25) is 29.2 Å². The van der Waals surface area contributed by atoms with Crippen LogP contribution in [0.25, 0.3) is 0 Å². The molecule has 0 radical (unpaired) electrons. The number of amides is 1. The van der Waals surface area contributed by atoms with Gasteiger partial charge < -0.3 is 20.0 Å². The molecule has 10 nitrogen and oxygen atoms in total. The normalized spacial score (nSPS) is 21.2. The predicted molar refractivity (Wildman–Crippen MR) is 106 cm³/mol. The van der Waals surface area contributed by atoms with Gasteiger partial charge in [0, 0.05) is 6.54 Å². The summed E-state index contributed by atoms with van der Waals surface area (Å²) in [5, 5.41) is 12.2. The summed E-state index contributed by atoms with van der Waals surface area (Å²) < 4.78 is 0. The second-order valence-electron chi connectivity index (χ2n) is 7.97. The smallest absolute Gasteiger partial charge is 0.317 e. The van der Waals surface area contributed by atoms with Gasteiger partial charge in [-0.2, -0.15) is 0 Å². The van der Waals surface area contributed by atoms with Gasteiger partial charge in [-0.1, -0.05) is 19.3 Å². The van der Waals surface area contributed by atoms with Crippen molar-refractivity contribution in [2.45, 2.75) is 32.1 Å². The number of rotatable bonds is 10. The van der Waals surface area contributed by atoms with Crippen molar-refractivity contribution >= 4 is 24.4 Å². The average molecular weight is 412 g/mol. The molecule has 1 saturated heterocycles. The van der Waals surface area contributed by atoms with Crippen LogP contribution in [0.1, 0.15) is 32.1 Å². The van der Waals surface area contributed by atoms with Gasteiger partial charge in [0.15, 0.2) is 0 Å². The molecule has 2 aliphatic rings. The van der Waals surface area contributed by atoms with Gasteiger partial charge in [0.1, 0.15) is 12.6 Å². The Kier molecular flexibility index (Phi) is 10.2. The molecule has 1 heterocycles. The Morgan fingerprint density at radius 3 is 1.90 bits per heavy atom. The van der Waals surface area contributed by atoms with Crippen LogP contribution < -0.4 is 5.32 Å². The Balaban J connectivity index is 1.96. The summed E-state index contributed by atoms with van der Waals surface area (Å²) >= 11 is 0. The molecule has 1 amide bonds. The molecule has 2 fully saturated rings. The van der Waals surface area contributed by atoms with Crippen LogP contribution in [0.4, 0.5) is 0 Å². The SMILES string of the molecule is O=CCN1CN(CC=O)CN(CC(=O)NCC2CCCCC2)CN(CC(=O)O)C1. The Hall–Kier alpha value is -1.88. The standard InChI is InChI=1S/C19H33N5O5/c25-8-6-21-13-22(7-9-26)15-24(12-19(28)29)16-23(14-21)11-18(27)20-10-17-4-2-1-3-5-17/h8-9,17H,1-7,10-16H2,(H,20,27)(H,28,29). The Bertz CT molecular complexity index is 555. The summed E-state index contributed by atoms with van der Waals surface area (Å²) in [5.74, 6) is -0.530. The summed E-state index contributed by atoms with van der Waals surface area (Å²) in [7, 11) is 0. The van der Waals surface area contributed by atoms with Gasteiger partial charge in [0.05, 0.1) is 52.9 Å². The van der Waals surface area contributed by atoms with Crippen LogP contribution in [-0.4, -0.2) is 109 Å². The largest absolute Gasteiger partial charge is 0.480 e. The lowest BCUT2D eigenvalue weighted by Gasteiger charge is -2.40. The first kappa shape index (κ1) is 23.4. The van der Waals surface area contributed by atoms with Crippen molar-refractivity contribution in [3.05, 3.63) is 0 Å². The summed E-state index contributed by atoms with van der Waals surface area (Å²) in [4.78, 5) is 52.8. The van der Waals surface area contributed by atoms with E-state index in [-0.39, 0.29) is 45.4 Å². The van der Waals surface area contributed by atoms with E-state index in [2.05, 4.69) is 5.32 Å². The maximum Gasteiger partial charge on any atom is 0.317 e. The lowest BCUT2D eigenvalue weighted by Crippen LogP contribution is -2.57. The van der Waals surface area contributed by atoms with Gasteiger partial charge in [-0.25, -0.2) is 0 Å². The van der Waals surface area contributed by atoms with E-state index in [1.54, 1.807) is 9.80 Å². The second-order valence-corrected chi connectivity index (χ2v) is 7.97. The number of aliphatic carboxylic acids is 1. The third kappa shape index (κ3) is 8.99. The van der Waals surface area contributed by atoms with E-state index >= 15 is 0 Å². The molecule has 0 unspecified atom stereocenters. The maximum absolute atomic E-state index is 12.5. The molecular formula is C19H33N5O5. The van der Waals surface area contributed by atoms with Crippen LogP contribution in [0.2, 0.25) is 0 Å². The first-order valence-corrected chi connectivity index (χ1v) is 10.2. The van der Waals surface area contributed by atoms with Crippen LogP contribution in [0, 0.1) is 5.92 Å². The Morgan fingerprint density at radius 2 is 1.34 bits per heavy atom. The fourth-order valence-electron chi connectivity index (χ4n) is 4.05. The molecule has 2 rings (SSSR count). The Labute approximate surface area is 171 Å². The topological polar surface area (TPSA) is 114 Å². The predicted octanol–water partition coefficient (Wildman–Crippen LogP) is -0.783. The number of carbonyl (C=O) groups is 4. The van der Waals surface area contributed by atoms with Crippen LogP contribution in [-0.2, 0) is 19.2 Å². The van der Waals surface area contributed by atoms with E-state index in [0.717, 1.165) is 25.4 Å². The lowest BCUT2D eigenvalue weighted by molar-refractivity contribution is -0.140. The highest BCUT2D eigenvalue weighted by Crippen LogP contribution is 2.22. The molecule has 164 valence electrons. The van der Waals surface area contributed by atoms with Crippen molar-refractivity contribution in [1.29, 1.82) is 0 Å². The molecular weight excluding hydrogens is 378 g/mol. The molecule has 1 saturated carbocycles. The number of carboxylic acids is 1. The van der Waals surface area contributed by atoms with Crippen molar-refractivity contribution in [3.8, 4) is 0 Å². The summed E-state index contributed by atoms with van der Waals surface area (Å²) in [6.45, 7) is 2.14. The summed E-state index contributed by atoms with van der Waals surface area (Å²) in [5.41, 5.74) is 0. The number of carboxylic acid groups (broad SMARTS) is 1. The molecule has 0 aromatic heterocycles. The van der Waals surface area contributed by atoms with Crippen LogP contribution >= 0.6 is 0 Å². The fraction of sp³-hybridized carbons (Fsp3) is 0.789.